The van der Waals surface area contributed by atoms with Gasteiger partial charge in [0.05, 0.1) is 0 Å². The highest BCUT2D eigenvalue weighted by Crippen LogP contribution is 2.05. The lowest BCUT2D eigenvalue weighted by atomic mass is 10.1. The topological polar surface area (TPSA) is 26.0 Å². The quantitative estimate of drug-likeness (QED) is 0.461. The molecule has 1 aliphatic rings. The monoisotopic (exact) mass is 145 g/mol. The van der Waals surface area contributed by atoms with E-state index in [1.807, 2.05) is 18.2 Å². The zero-order valence-corrected chi connectivity index (χ0v) is 6.38. The van der Waals surface area contributed by atoms with E-state index in [0.717, 1.165) is 12.0 Å². The smallest absolute Gasteiger partial charge is 0.0484 e. The van der Waals surface area contributed by atoms with Crippen LogP contribution < -0.4 is 5.73 Å². The molecule has 2 N–H and O–H groups in total. The highest BCUT2D eigenvalue weighted by Gasteiger charge is 2.00. The highest BCUT2D eigenvalue weighted by atomic mass is 14.6. The van der Waals surface area contributed by atoms with E-state index < -0.39 is 0 Å². The summed E-state index contributed by atoms with van der Waals surface area (Å²) in [6.07, 6.45) is 8.36. The molecule has 0 saturated heterocycles. The fourth-order valence-corrected chi connectivity index (χ4v) is 0.839. The second-order valence-electron chi connectivity index (χ2n) is 2.33. The van der Waals surface area contributed by atoms with Crippen LogP contribution in [0.2, 0.25) is 0 Å². The van der Waals surface area contributed by atoms with Crippen molar-refractivity contribution in [3.8, 4) is 11.8 Å². The zero-order chi connectivity index (χ0) is 8.10. The Labute approximate surface area is 67.3 Å². The number of nitrogens with two attached hydrogens (primary N) is 1. The van der Waals surface area contributed by atoms with Crippen LogP contribution in [0.15, 0.2) is 36.5 Å². The maximum Gasteiger partial charge on any atom is 0.0484 e. The molecule has 0 aliphatic heterocycles. The first-order valence-electron chi connectivity index (χ1n) is 3.57. The van der Waals surface area contributed by atoms with E-state index in [-0.39, 0.29) is 6.04 Å². The molecule has 1 nitrogen and oxygen atoms in total. The molecule has 0 aromatic rings. The second kappa shape index (κ2) is 3.80. The SMILES string of the molecule is C=CC(N)C1=CC#CCC=C1. The van der Waals surface area contributed by atoms with E-state index in [2.05, 4.69) is 18.4 Å². The Balaban J connectivity index is 2.80. The van der Waals surface area contributed by atoms with Crippen molar-refractivity contribution in [3.63, 3.8) is 0 Å². The average molecular weight is 145 g/mol. The van der Waals surface area contributed by atoms with Crippen LogP contribution in [0.1, 0.15) is 6.42 Å². The molecule has 0 fully saturated rings. The van der Waals surface area contributed by atoms with Crippen molar-refractivity contribution >= 4 is 0 Å². The van der Waals surface area contributed by atoms with E-state index in [1.165, 1.54) is 0 Å². The Morgan fingerprint density at radius 2 is 2.55 bits per heavy atom. The van der Waals surface area contributed by atoms with Gasteiger partial charge in [-0.15, -0.1) is 6.58 Å². The maximum absolute atomic E-state index is 5.71. The van der Waals surface area contributed by atoms with Crippen LogP contribution in [-0.4, -0.2) is 6.04 Å². The van der Waals surface area contributed by atoms with Crippen LogP contribution in [0.5, 0.6) is 0 Å². The lowest BCUT2D eigenvalue weighted by Gasteiger charge is -2.04. The fraction of sp³-hybridized carbons (Fsp3) is 0.200. The van der Waals surface area contributed by atoms with Gasteiger partial charge >= 0.3 is 0 Å². The number of hydrogen-bond acceptors (Lipinski definition) is 1. The molecule has 1 atom stereocenters. The summed E-state index contributed by atoms with van der Waals surface area (Å²) >= 11 is 0. The van der Waals surface area contributed by atoms with Crippen LogP contribution in [0.25, 0.3) is 0 Å². The minimum absolute atomic E-state index is 0.0846. The molecular weight excluding hydrogens is 134 g/mol. The summed E-state index contributed by atoms with van der Waals surface area (Å²) in [7, 11) is 0. The van der Waals surface area contributed by atoms with Crippen LogP contribution >= 0.6 is 0 Å². The van der Waals surface area contributed by atoms with Crippen molar-refractivity contribution in [1.29, 1.82) is 0 Å². The third kappa shape index (κ3) is 2.10. The van der Waals surface area contributed by atoms with Gasteiger partial charge in [0.15, 0.2) is 0 Å². The van der Waals surface area contributed by atoms with E-state index in [1.54, 1.807) is 6.08 Å². The molecule has 0 saturated carbocycles. The number of hydrogen-bond donors (Lipinski definition) is 1. The molecule has 0 aromatic carbocycles. The first-order valence-corrected chi connectivity index (χ1v) is 3.57. The molecule has 1 rings (SSSR count). The maximum atomic E-state index is 5.71. The summed E-state index contributed by atoms with van der Waals surface area (Å²) in [4.78, 5) is 0. The molecule has 0 bridgehead atoms. The van der Waals surface area contributed by atoms with Gasteiger partial charge in [0.1, 0.15) is 0 Å². The van der Waals surface area contributed by atoms with Gasteiger partial charge in [-0.2, -0.15) is 0 Å². The van der Waals surface area contributed by atoms with Crippen molar-refractivity contribution in [2.75, 3.05) is 0 Å². The van der Waals surface area contributed by atoms with Crippen LogP contribution in [0, 0.1) is 11.8 Å². The predicted octanol–water partition coefficient (Wildman–Crippen LogP) is 1.39. The molecule has 0 radical (unpaired) electrons. The molecule has 0 amide bonds. The third-order valence-electron chi connectivity index (χ3n) is 1.51. The van der Waals surface area contributed by atoms with Crippen molar-refractivity contribution in [2.45, 2.75) is 12.5 Å². The van der Waals surface area contributed by atoms with Crippen molar-refractivity contribution in [3.05, 3.63) is 36.5 Å². The third-order valence-corrected chi connectivity index (χ3v) is 1.51. The van der Waals surface area contributed by atoms with Crippen molar-refractivity contribution in [2.24, 2.45) is 5.73 Å². The molecule has 11 heavy (non-hydrogen) atoms. The summed E-state index contributed by atoms with van der Waals surface area (Å²) in [5.74, 6) is 5.86. The zero-order valence-electron chi connectivity index (χ0n) is 6.38. The van der Waals surface area contributed by atoms with E-state index in [9.17, 15) is 0 Å². The van der Waals surface area contributed by atoms with Crippen molar-refractivity contribution < 1.29 is 0 Å². The van der Waals surface area contributed by atoms with Gasteiger partial charge in [-0.25, -0.2) is 0 Å². The summed E-state index contributed by atoms with van der Waals surface area (Å²) in [5, 5.41) is 0. The largest absolute Gasteiger partial charge is 0.321 e. The van der Waals surface area contributed by atoms with Gasteiger partial charge in [-0.05, 0) is 11.6 Å². The van der Waals surface area contributed by atoms with E-state index in [4.69, 9.17) is 5.73 Å². The highest BCUT2D eigenvalue weighted by molar-refractivity contribution is 5.37. The normalized spacial score (nSPS) is 17.4. The summed E-state index contributed by atoms with van der Waals surface area (Å²) < 4.78 is 0. The first-order chi connectivity index (χ1) is 5.34. The van der Waals surface area contributed by atoms with Gasteiger partial charge in [0.25, 0.3) is 0 Å². The number of allylic oxidation sites excluding steroid dienone is 2. The molecule has 1 unspecified atom stereocenters. The Bertz CT molecular complexity index is 260. The fourth-order valence-electron chi connectivity index (χ4n) is 0.839. The Morgan fingerprint density at radius 3 is 3.27 bits per heavy atom. The summed E-state index contributed by atoms with van der Waals surface area (Å²) in [5.41, 5.74) is 6.74. The molecule has 0 spiro atoms. The lowest BCUT2D eigenvalue weighted by molar-refractivity contribution is 0.984. The minimum Gasteiger partial charge on any atom is -0.321 e. The van der Waals surface area contributed by atoms with Crippen molar-refractivity contribution in [1.82, 2.24) is 0 Å². The van der Waals surface area contributed by atoms with Gasteiger partial charge < -0.3 is 5.73 Å². The average Bonchev–Trinajstić information content (AvgIpc) is 2.30. The molecule has 56 valence electrons. The molecule has 1 heteroatoms. The Hall–Kier alpha value is -1.26. The van der Waals surface area contributed by atoms with Crippen LogP contribution in [-0.2, 0) is 0 Å². The van der Waals surface area contributed by atoms with Gasteiger partial charge in [0, 0.05) is 12.5 Å². The van der Waals surface area contributed by atoms with Crippen LogP contribution in [0.4, 0.5) is 0 Å². The van der Waals surface area contributed by atoms with Gasteiger partial charge in [-0.1, -0.05) is 30.1 Å². The standard InChI is InChI=1S/C10H11N/c1-2-10(11)9-7-5-3-4-6-8-9/h2,5,7-8,10H,1,3,11H2. The number of rotatable bonds is 2. The molecule has 0 heterocycles. The second-order valence-corrected chi connectivity index (χ2v) is 2.33. The predicted molar refractivity (Wildman–Crippen MR) is 47.8 cm³/mol. The lowest BCUT2D eigenvalue weighted by Crippen LogP contribution is -2.17. The Kier molecular flexibility index (Phi) is 2.71. The first kappa shape index (κ1) is 7.84. The summed E-state index contributed by atoms with van der Waals surface area (Å²) in [6.45, 7) is 3.62. The van der Waals surface area contributed by atoms with E-state index in [0.29, 0.717) is 0 Å². The van der Waals surface area contributed by atoms with E-state index >= 15 is 0 Å². The minimum atomic E-state index is -0.0846. The Morgan fingerprint density at radius 1 is 1.73 bits per heavy atom. The summed E-state index contributed by atoms with van der Waals surface area (Å²) in [6, 6.07) is -0.0846. The van der Waals surface area contributed by atoms with Gasteiger partial charge in [-0.3, -0.25) is 0 Å². The molecule has 1 aliphatic carbocycles. The molecule has 0 aromatic heterocycles. The van der Waals surface area contributed by atoms with Crippen LogP contribution in [0.3, 0.4) is 0 Å². The molecular formula is C10H11N. The van der Waals surface area contributed by atoms with Gasteiger partial charge in [0.2, 0.25) is 0 Å².